The second-order valence-electron chi connectivity index (χ2n) is 17.9. The summed E-state index contributed by atoms with van der Waals surface area (Å²) in [5.74, 6) is 1.74. The van der Waals surface area contributed by atoms with Gasteiger partial charge in [-0.15, -0.1) is 0 Å². The zero-order chi connectivity index (χ0) is 45.5. The van der Waals surface area contributed by atoms with Crippen LogP contribution in [0.15, 0.2) is 247 Å². The molecule has 0 fully saturated rings. The lowest BCUT2D eigenvalue weighted by Gasteiger charge is -2.34. The van der Waals surface area contributed by atoms with Gasteiger partial charge in [-0.25, -0.2) is 4.98 Å². The van der Waals surface area contributed by atoms with E-state index in [2.05, 4.69) is 217 Å². The van der Waals surface area contributed by atoms with E-state index in [4.69, 9.17) is 19.4 Å². The Morgan fingerprint density at radius 2 is 0.884 bits per heavy atom. The summed E-state index contributed by atoms with van der Waals surface area (Å²) in [5.41, 5.74) is 16.5. The molecule has 0 saturated heterocycles. The summed E-state index contributed by atoms with van der Waals surface area (Å²) >= 11 is 0. The van der Waals surface area contributed by atoms with Crippen LogP contribution in [-0.2, 0) is 5.41 Å². The minimum Gasteiger partial charge on any atom is -0.456 e. The van der Waals surface area contributed by atoms with E-state index >= 15 is 0 Å². The zero-order valence-corrected chi connectivity index (χ0v) is 37.3. The molecule has 5 heteroatoms. The van der Waals surface area contributed by atoms with Gasteiger partial charge < -0.3 is 4.42 Å². The number of hydrogen-bond donors (Lipinski definition) is 0. The highest BCUT2D eigenvalue weighted by atomic mass is 16.3. The minimum absolute atomic E-state index is 0.542. The molecule has 3 heterocycles. The molecule has 3 aromatic heterocycles. The lowest BCUT2D eigenvalue weighted by Crippen LogP contribution is -2.28. The van der Waals surface area contributed by atoms with Crippen LogP contribution in [0.1, 0.15) is 22.3 Å². The molecule has 0 amide bonds. The first-order valence-electron chi connectivity index (χ1n) is 23.4. The monoisotopic (exact) mass is 880 g/mol. The van der Waals surface area contributed by atoms with E-state index in [1.165, 1.54) is 22.3 Å². The average Bonchev–Trinajstić information content (AvgIpc) is 4.08. The second-order valence-corrected chi connectivity index (χ2v) is 17.9. The number of nitrogens with zero attached hydrogens (tertiary/aromatic N) is 4. The van der Waals surface area contributed by atoms with Gasteiger partial charge in [-0.05, 0) is 80.4 Å². The van der Waals surface area contributed by atoms with Crippen LogP contribution in [0.25, 0.3) is 106 Å². The Morgan fingerprint density at radius 1 is 0.333 bits per heavy atom. The maximum absolute atomic E-state index is 6.95. The summed E-state index contributed by atoms with van der Waals surface area (Å²) < 4.78 is 9.19. The molecule has 0 saturated carbocycles. The van der Waals surface area contributed by atoms with Gasteiger partial charge in [0.05, 0.1) is 16.4 Å². The number of benzene rings is 10. The Balaban J connectivity index is 1.07. The highest BCUT2D eigenvalue weighted by Gasteiger charge is 2.48. The number of fused-ring (bicyclic) bond motifs is 9. The van der Waals surface area contributed by atoms with Gasteiger partial charge in [0.25, 0.3) is 0 Å². The molecule has 0 bridgehead atoms. The van der Waals surface area contributed by atoms with E-state index in [0.717, 1.165) is 88.3 Å². The maximum atomic E-state index is 6.95. The molecule has 10 aromatic carbocycles. The summed E-state index contributed by atoms with van der Waals surface area (Å²) in [6.07, 6.45) is 0. The number of aromatic nitrogens is 4. The fraction of sp³-hybridized carbons (Fsp3) is 0.0156. The summed E-state index contributed by atoms with van der Waals surface area (Å²) in [6.45, 7) is 0. The van der Waals surface area contributed by atoms with Gasteiger partial charge in [0, 0.05) is 38.2 Å². The highest BCUT2D eigenvalue weighted by Crippen LogP contribution is 2.58. The molecule has 5 nitrogen and oxygen atoms in total. The van der Waals surface area contributed by atoms with Crippen molar-refractivity contribution in [1.82, 2.24) is 19.5 Å². The molecule has 1 aliphatic rings. The predicted molar refractivity (Wildman–Crippen MR) is 280 cm³/mol. The Hall–Kier alpha value is -9.19. The van der Waals surface area contributed by atoms with Gasteiger partial charge in [0.2, 0.25) is 5.95 Å². The lowest BCUT2D eigenvalue weighted by molar-refractivity contribution is 0.648. The summed E-state index contributed by atoms with van der Waals surface area (Å²) in [4.78, 5) is 16.0. The number of furan rings is 1. The Kier molecular flexibility index (Phi) is 8.73. The third-order valence-corrected chi connectivity index (χ3v) is 14.2. The van der Waals surface area contributed by atoms with Crippen molar-refractivity contribution in [1.29, 1.82) is 0 Å². The van der Waals surface area contributed by atoms with Crippen LogP contribution < -0.4 is 0 Å². The molecule has 0 radical (unpaired) electrons. The molecule has 0 N–H and O–H groups in total. The minimum atomic E-state index is -0.724. The molecule has 0 atom stereocenters. The summed E-state index contributed by atoms with van der Waals surface area (Å²) in [6, 6.07) is 86.3. The number of rotatable bonds is 7. The van der Waals surface area contributed by atoms with E-state index in [0.29, 0.717) is 17.6 Å². The van der Waals surface area contributed by atoms with Crippen molar-refractivity contribution in [3.8, 4) is 62.1 Å². The van der Waals surface area contributed by atoms with Crippen LogP contribution in [0.4, 0.5) is 0 Å². The fourth-order valence-corrected chi connectivity index (χ4v) is 11.1. The lowest BCUT2D eigenvalue weighted by atomic mass is 9.67. The normalized spacial score (nSPS) is 12.8. The van der Waals surface area contributed by atoms with Crippen molar-refractivity contribution in [3.05, 3.63) is 265 Å². The highest BCUT2D eigenvalue weighted by molar-refractivity contribution is 6.11. The van der Waals surface area contributed by atoms with E-state index in [9.17, 15) is 0 Å². The standard InChI is InChI=1S/C64H40N4O/c1-4-18-41(19-5-1)44-24-16-25-46(38-44)62-65-61(43-22-8-3-9-23-43)66-63(67-62)68-57-37-35-47(40-53(57)50-36-34-45(39-58(50)68)42-20-6-2-7-21-42)64(54-30-13-10-26-48(54)49-27-11-14-31-55(49)64)56-32-17-29-52-51-28-12-15-33-59(51)69-60(52)56/h1-40H. The topological polar surface area (TPSA) is 56.7 Å². The first kappa shape index (κ1) is 39.0. The van der Waals surface area contributed by atoms with Gasteiger partial charge >= 0.3 is 0 Å². The van der Waals surface area contributed by atoms with Crippen LogP contribution in [0.2, 0.25) is 0 Å². The third-order valence-electron chi connectivity index (χ3n) is 14.2. The van der Waals surface area contributed by atoms with Crippen LogP contribution in [0.5, 0.6) is 0 Å². The zero-order valence-electron chi connectivity index (χ0n) is 37.3. The third kappa shape index (κ3) is 6.00. The van der Waals surface area contributed by atoms with E-state index in [1.54, 1.807) is 0 Å². The Morgan fingerprint density at radius 3 is 1.61 bits per heavy atom. The van der Waals surface area contributed by atoms with Crippen LogP contribution >= 0.6 is 0 Å². The number of hydrogen-bond acceptors (Lipinski definition) is 4. The van der Waals surface area contributed by atoms with Gasteiger partial charge in [0.1, 0.15) is 11.2 Å². The largest absolute Gasteiger partial charge is 0.456 e. The van der Waals surface area contributed by atoms with E-state index in [1.807, 2.05) is 30.3 Å². The fourth-order valence-electron chi connectivity index (χ4n) is 11.1. The van der Waals surface area contributed by atoms with Crippen molar-refractivity contribution >= 4 is 43.7 Å². The summed E-state index contributed by atoms with van der Waals surface area (Å²) in [7, 11) is 0. The first-order valence-corrected chi connectivity index (χ1v) is 23.4. The molecule has 69 heavy (non-hydrogen) atoms. The van der Waals surface area contributed by atoms with Gasteiger partial charge in [-0.3, -0.25) is 4.57 Å². The SMILES string of the molecule is c1ccc(-c2cccc(-c3nc(-c4ccccc4)nc(-n4c5ccc(C6(c7cccc8c7oc7ccccc78)c7ccccc7-c7ccccc76)cc5c5ccc(-c6ccccc6)cc54)n3)c2)cc1. The van der Waals surface area contributed by atoms with Crippen molar-refractivity contribution in [2.75, 3.05) is 0 Å². The molecular weight excluding hydrogens is 841 g/mol. The van der Waals surface area contributed by atoms with Crippen LogP contribution in [-0.4, -0.2) is 19.5 Å². The smallest absolute Gasteiger partial charge is 0.238 e. The predicted octanol–water partition coefficient (Wildman–Crippen LogP) is 15.9. The maximum Gasteiger partial charge on any atom is 0.238 e. The average molecular weight is 881 g/mol. The molecule has 1 aliphatic carbocycles. The molecular formula is C64H40N4O. The number of para-hydroxylation sites is 2. The van der Waals surface area contributed by atoms with Crippen molar-refractivity contribution in [3.63, 3.8) is 0 Å². The molecule has 0 spiro atoms. The first-order chi connectivity index (χ1) is 34.2. The van der Waals surface area contributed by atoms with Crippen molar-refractivity contribution in [2.24, 2.45) is 0 Å². The van der Waals surface area contributed by atoms with Crippen LogP contribution in [0, 0.1) is 0 Å². The van der Waals surface area contributed by atoms with Gasteiger partial charge in [-0.2, -0.15) is 9.97 Å². The quantitative estimate of drug-likeness (QED) is 0.160. The molecule has 14 rings (SSSR count). The van der Waals surface area contributed by atoms with Gasteiger partial charge in [0.15, 0.2) is 11.6 Å². The molecule has 322 valence electrons. The van der Waals surface area contributed by atoms with E-state index < -0.39 is 5.41 Å². The molecule has 0 aliphatic heterocycles. The molecule has 13 aromatic rings. The second kappa shape index (κ2) is 15.4. The summed E-state index contributed by atoms with van der Waals surface area (Å²) in [5, 5.41) is 4.40. The Bertz CT molecular complexity index is 4090. The molecule has 0 unspecified atom stereocenters. The Labute approximate surface area is 398 Å². The van der Waals surface area contributed by atoms with Crippen molar-refractivity contribution < 1.29 is 4.42 Å². The van der Waals surface area contributed by atoms with Gasteiger partial charge in [-0.1, -0.05) is 212 Å². The van der Waals surface area contributed by atoms with Crippen LogP contribution in [0.3, 0.4) is 0 Å². The van der Waals surface area contributed by atoms with Crippen molar-refractivity contribution in [2.45, 2.75) is 5.41 Å². The van der Waals surface area contributed by atoms with E-state index in [-0.39, 0.29) is 0 Å².